The van der Waals surface area contributed by atoms with Gasteiger partial charge in [-0.15, -0.1) is 0 Å². The Morgan fingerprint density at radius 2 is 2.22 bits per heavy atom. The Morgan fingerprint density at radius 3 is 2.44 bits per heavy atom. The van der Waals surface area contributed by atoms with Gasteiger partial charge in [-0.1, -0.05) is 0 Å². The minimum atomic E-state index is 0.656. The molecule has 1 nitrogen and oxygen atoms in total. The van der Waals surface area contributed by atoms with Gasteiger partial charge in [0, 0.05) is 0 Å². The molecule has 2 heteroatoms. The fourth-order valence-corrected chi connectivity index (χ4v) is 4.50. The van der Waals surface area contributed by atoms with E-state index in [1.807, 2.05) is 0 Å². The van der Waals surface area contributed by atoms with E-state index in [9.17, 15) is 0 Å². The molecule has 1 rings (SSSR count). The van der Waals surface area contributed by atoms with E-state index in [0.29, 0.717) is 43.2 Å². The molecule has 1 saturated heterocycles. The topological polar surface area (TPSA) is 3.24 Å². The van der Waals surface area contributed by atoms with Crippen molar-refractivity contribution in [3.8, 4) is 0 Å². The van der Waals surface area contributed by atoms with Gasteiger partial charge in [0.05, 0.1) is 0 Å². The standard InChI is InChI=1S/C7H14N.Ra.H/c1-6(2)7-3-4-8-5-7;;/h6-7H,3-5H2,1-2H3;;/q-1;+1;. The van der Waals surface area contributed by atoms with E-state index in [0.717, 1.165) is 11.8 Å². The summed E-state index contributed by atoms with van der Waals surface area (Å²) in [5.74, 6) is 1.95. The van der Waals surface area contributed by atoms with Crippen molar-refractivity contribution in [3.05, 3.63) is 0 Å². The molecule has 1 atom stereocenters. The molecule has 0 aromatic heterocycles. The van der Waals surface area contributed by atoms with Crippen LogP contribution >= 0.6 is 0 Å². The summed E-state index contributed by atoms with van der Waals surface area (Å²) in [5.41, 5.74) is 0. The molecule has 0 bridgehead atoms. The van der Waals surface area contributed by atoms with Crippen molar-refractivity contribution >= 4 is 0 Å². The van der Waals surface area contributed by atoms with Crippen LogP contribution in [0.4, 0.5) is 0 Å². The summed E-state index contributed by atoms with van der Waals surface area (Å²) in [6, 6.07) is 0. The average Bonchev–Trinajstić information content (AvgIpc) is 2.14. The minimum absolute atomic E-state index is 0.656. The van der Waals surface area contributed by atoms with Gasteiger partial charge < -0.3 is 0 Å². The first-order valence-corrected chi connectivity index (χ1v) is 7.56. The van der Waals surface area contributed by atoms with Crippen LogP contribution in [0.5, 0.6) is 0 Å². The zero-order valence-corrected chi connectivity index (χ0v) is 14.9. The van der Waals surface area contributed by atoms with Gasteiger partial charge in [-0.05, 0) is 0 Å². The molecule has 9 heavy (non-hydrogen) atoms. The van der Waals surface area contributed by atoms with E-state index in [2.05, 4.69) is 14.3 Å². The van der Waals surface area contributed by atoms with Crippen molar-refractivity contribution in [2.24, 2.45) is 11.8 Å². The normalized spacial score (nSPS) is 29.8. The van der Waals surface area contributed by atoms with Crippen LogP contribution in [0.25, 0.3) is 0 Å². The van der Waals surface area contributed by atoms with Crippen molar-refractivity contribution in [1.82, 2.24) is 0.431 Å². The maximum atomic E-state index is 2.65. The van der Waals surface area contributed by atoms with Crippen molar-refractivity contribution in [1.29, 1.82) is 0 Å². The summed E-state index contributed by atoms with van der Waals surface area (Å²) in [6.45, 7) is 7.53. The van der Waals surface area contributed by atoms with E-state index in [4.69, 9.17) is 0 Å². The SMILES string of the molecule is CC(C)C1CC[N]([RaH])C1. The molecule has 0 aromatic carbocycles. The van der Waals surface area contributed by atoms with E-state index >= 15 is 0 Å². The zero-order chi connectivity index (χ0) is 6.85. The van der Waals surface area contributed by atoms with Crippen LogP contribution in [0.1, 0.15) is 20.3 Å². The first-order chi connectivity index (χ1) is 4.20. The molecular formula is C7H15NRa. The molecule has 0 radical (unpaired) electrons. The fourth-order valence-electron chi connectivity index (χ4n) is 1.51. The molecule has 0 aromatic rings. The van der Waals surface area contributed by atoms with Gasteiger partial charge in [0.25, 0.3) is 0 Å². The predicted octanol–water partition coefficient (Wildman–Crippen LogP) is 1.16. The van der Waals surface area contributed by atoms with Crippen molar-refractivity contribution in [3.63, 3.8) is 0 Å². The Hall–Kier alpha value is 1.43. The summed E-state index contributed by atoms with van der Waals surface area (Å²) >= 11 is 0.656. The Kier molecular flexibility index (Phi) is 3.52. The van der Waals surface area contributed by atoms with Gasteiger partial charge in [-0.2, -0.15) is 0 Å². The second kappa shape index (κ2) is 3.71. The average molecular weight is 339 g/mol. The van der Waals surface area contributed by atoms with Gasteiger partial charge in [-0.3, -0.25) is 0 Å². The second-order valence-corrected chi connectivity index (χ2v) is 8.75. The number of hydrogen-bond donors (Lipinski definition) is 0. The quantitative estimate of drug-likeness (QED) is 0.693. The molecule has 0 aliphatic carbocycles. The Morgan fingerprint density at radius 1 is 1.56 bits per heavy atom. The Labute approximate surface area is 87.7 Å². The number of hydrogen-bond acceptors (Lipinski definition) is 1. The van der Waals surface area contributed by atoms with Crippen molar-refractivity contribution in [2.75, 3.05) is 13.1 Å². The van der Waals surface area contributed by atoms with Gasteiger partial charge in [0.15, 0.2) is 0 Å². The molecule has 1 unspecified atom stereocenters. The van der Waals surface area contributed by atoms with E-state index < -0.39 is 0 Å². The second-order valence-electron chi connectivity index (χ2n) is 3.56. The molecule has 0 N–H and O–H groups in total. The first kappa shape index (κ1) is 8.52. The third-order valence-corrected chi connectivity index (χ3v) is 5.71. The molecule has 1 aliphatic heterocycles. The van der Waals surface area contributed by atoms with Crippen LogP contribution in [0.3, 0.4) is 0 Å². The molecule has 1 fully saturated rings. The third-order valence-electron chi connectivity index (χ3n) is 2.37. The Balaban J connectivity index is 2.30. The first-order valence-electron chi connectivity index (χ1n) is 3.88. The molecule has 1 aliphatic rings. The van der Waals surface area contributed by atoms with Gasteiger partial charge in [-0.25, -0.2) is 0 Å². The van der Waals surface area contributed by atoms with E-state index in [1.165, 1.54) is 19.5 Å². The van der Waals surface area contributed by atoms with Crippen LogP contribution in [0.2, 0.25) is 0 Å². The third kappa shape index (κ3) is 2.50. The number of nitrogens with zero attached hydrogens (tertiary/aromatic N) is 1. The summed E-state index contributed by atoms with van der Waals surface area (Å²) in [4.78, 5) is 0. The van der Waals surface area contributed by atoms with E-state index in [-0.39, 0.29) is 0 Å². The fraction of sp³-hybridized carbons (Fsp3) is 1.00. The predicted molar refractivity (Wildman–Crippen MR) is 35.9 cm³/mol. The number of rotatable bonds is 1. The monoisotopic (exact) mass is 339 g/mol. The molecule has 1 heterocycles. The van der Waals surface area contributed by atoms with Crippen LogP contribution < -0.4 is 0 Å². The van der Waals surface area contributed by atoms with Gasteiger partial charge in [0.2, 0.25) is 0 Å². The van der Waals surface area contributed by atoms with Gasteiger partial charge in [0.1, 0.15) is 0 Å². The van der Waals surface area contributed by atoms with Gasteiger partial charge >= 0.3 is 88.8 Å². The van der Waals surface area contributed by atoms with Crippen LogP contribution in [0, 0.1) is 55.0 Å². The Bertz CT molecular complexity index is 92.9. The summed E-state index contributed by atoms with van der Waals surface area (Å²) in [6.07, 6.45) is 1.47. The molecule has 50 valence electrons. The van der Waals surface area contributed by atoms with E-state index in [1.54, 1.807) is 0 Å². The molecule has 0 spiro atoms. The molecule has 0 amide bonds. The van der Waals surface area contributed by atoms with Crippen molar-refractivity contribution < 1.29 is 43.2 Å². The van der Waals surface area contributed by atoms with Crippen LogP contribution in [-0.2, 0) is 0 Å². The zero-order valence-electron chi connectivity index (χ0n) is 6.72. The summed E-state index contributed by atoms with van der Waals surface area (Å²) in [7, 11) is 0. The molecular weight excluding hydrogens is 324 g/mol. The maximum absolute atomic E-state index is 2.65. The summed E-state index contributed by atoms with van der Waals surface area (Å²) < 4.78 is 2.65. The summed E-state index contributed by atoms with van der Waals surface area (Å²) in [5, 5.41) is 0. The van der Waals surface area contributed by atoms with Crippen molar-refractivity contribution in [2.45, 2.75) is 20.3 Å². The van der Waals surface area contributed by atoms with Crippen LogP contribution in [-0.4, -0.2) is 13.5 Å². The van der Waals surface area contributed by atoms with Crippen LogP contribution in [0.15, 0.2) is 0 Å². The molecule has 0 saturated carbocycles.